The Morgan fingerprint density at radius 3 is 2.58 bits per heavy atom. The van der Waals surface area contributed by atoms with Crippen LogP contribution in [-0.2, 0) is 14.3 Å². The molecule has 0 bridgehead atoms. The van der Waals surface area contributed by atoms with Crippen LogP contribution < -0.4 is 4.90 Å². The molecule has 1 N–H and O–H groups in total. The van der Waals surface area contributed by atoms with Crippen LogP contribution in [0.1, 0.15) is 0 Å². The molecular formula is C13H15N3O3. The molecule has 1 unspecified atom stereocenters. The van der Waals surface area contributed by atoms with E-state index >= 15 is 0 Å². The predicted molar refractivity (Wildman–Crippen MR) is 69.9 cm³/mol. The summed E-state index contributed by atoms with van der Waals surface area (Å²) in [5.74, 6) is -1.47. The lowest BCUT2D eigenvalue weighted by Crippen LogP contribution is -2.42. The molecule has 0 aliphatic rings. The van der Waals surface area contributed by atoms with Crippen molar-refractivity contribution in [1.82, 2.24) is 0 Å². The number of ether oxygens (including phenoxy) is 1. The van der Waals surface area contributed by atoms with Crippen molar-refractivity contribution in [3.05, 3.63) is 43.0 Å². The van der Waals surface area contributed by atoms with Gasteiger partial charge in [0.15, 0.2) is 0 Å². The second-order valence-corrected chi connectivity index (χ2v) is 3.63. The molecule has 6 nitrogen and oxygen atoms in total. The maximum atomic E-state index is 12.2. The van der Waals surface area contributed by atoms with E-state index in [1.54, 1.807) is 24.3 Å². The van der Waals surface area contributed by atoms with E-state index in [-0.39, 0.29) is 6.54 Å². The highest BCUT2D eigenvalue weighted by Crippen LogP contribution is 2.15. The Morgan fingerprint density at radius 2 is 2.11 bits per heavy atom. The molecule has 0 heterocycles. The van der Waals surface area contributed by atoms with E-state index in [1.807, 2.05) is 6.07 Å². The first-order valence-electron chi connectivity index (χ1n) is 5.57. The number of esters is 1. The SMILES string of the molecule is C=CCN(C(=O)C(N=N)C(=O)OC)c1ccccc1. The van der Waals surface area contributed by atoms with E-state index in [0.717, 1.165) is 7.11 Å². The van der Waals surface area contributed by atoms with Gasteiger partial charge in [-0.15, -0.1) is 6.58 Å². The lowest BCUT2D eigenvalue weighted by atomic mass is 10.2. The van der Waals surface area contributed by atoms with Gasteiger partial charge in [0, 0.05) is 12.2 Å². The van der Waals surface area contributed by atoms with Crippen molar-refractivity contribution in [3.63, 3.8) is 0 Å². The van der Waals surface area contributed by atoms with Crippen molar-refractivity contribution in [2.45, 2.75) is 6.04 Å². The van der Waals surface area contributed by atoms with Crippen LogP contribution >= 0.6 is 0 Å². The van der Waals surface area contributed by atoms with E-state index in [0.29, 0.717) is 5.69 Å². The summed E-state index contributed by atoms with van der Waals surface area (Å²) in [5.41, 5.74) is 7.56. The fourth-order valence-corrected chi connectivity index (χ4v) is 1.53. The molecule has 1 aromatic rings. The number of carbonyl (C=O) groups is 2. The minimum absolute atomic E-state index is 0.214. The summed E-state index contributed by atoms with van der Waals surface area (Å²) in [6.07, 6.45) is 1.53. The van der Waals surface area contributed by atoms with Gasteiger partial charge >= 0.3 is 5.97 Å². The third-order valence-corrected chi connectivity index (χ3v) is 2.43. The van der Waals surface area contributed by atoms with E-state index in [9.17, 15) is 9.59 Å². The third kappa shape index (κ3) is 3.48. The summed E-state index contributed by atoms with van der Waals surface area (Å²) in [6, 6.07) is 7.31. The molecule has 1 rings (SSSR count). The zero-order chi connectivity index (χ0) is 14.3. The second kappa shape index (κ2) is 7.05. The molecule has 0 aliphatic carbocycles. The average molecular weight is 261 g/mol. The molecule has 0 radical (unpaired) electrons. The Kier molecular flexibility index (Phi) is 5.40. The Labute approximate surface area is 111 Å². The summed E-state index contributed by atoms with van der Waals surface area (Å²) in [6.45, 7) is 3.79. The first kappa shape index (κ1) is 14.6. The van der Waals surface area contributed by atoms with Crippen molar-refractivity contribution >= 4 is 17.6 Å². The number of carbonyl (C=O) groups excluding carboxylic acids is 2. The summed E-state index contributed by atoms with van der Waals surface area (Å²) < 4.78 is 4.46. The maximum absolute atomic E-state index is 12.2. The lowest BCUT2D eigenvalue weighted by molar-refractivity contribution is -0.145. The summed E-state index contributed by atoms with van der Waals surface area (Å²) >= 11 is 0. The fourth-order valence-electron chi connectivity index (χ4n) is 1.53. The smallest absolute Gasteiger partial charge is 0.342 e. The van der Waals surface area contributed by atoms with E-state index in [1.165, 1.54) is 11.0 Å². The van der Waals surface area contributed by atoms with Crippen LogP contribution in [0.4, 0.5) is 5.69 Å². The van der Waals surface area contributed by atoms with Crippen LogP contribution in [0.2, 0.25) is 0 Å². The van der Waals surface area contributed by atoms with Crippen molar-refractivity contribution in [3.8, 4) is 0 Å². The van der Waals surface area contributed by atoms with Crippen LogP contribution in [0.15, 0.2) is 48.1 Å². The third-order valence-electron chi connectivity index (χ3n) is 2.43. The van der Waals surface area contributed by atoms with Gasteiger partial charge in [-0.3, -0.25) is 4.79 Å². The fraction of sp³-hybridized carbons (Fsp3) is 0.231. The topological polar surface area (TPSA) is 82.8 Å². The number of hydrogen-bond acceptors (Lipinski definition) is 5. The summed E-state index contributed by atoms with van der Waals surface area (Å²) in [4.78, 5) is 25.0. The number of methoxy groups -OCH3 is 1. The predicted octanol–water partition coefficient (Wildman–Crippen LogP) is 1.78. The van der Waals surface area contributed by atoms with Crippen molar-refractivity contribution in [2.24, 2.45) is 5.11 Å². The maximum Gasteiger partial charge on any atom is 0.342 e. The number of amides is 1. The zero-order valence-electron chi connectivity index (χ0n) is 10.6. The minimum Gasteiger partial charge on any atom is -0.467 e. The molecule has 6 heteroatoms. The normalized spacial score (nSPS) is 11.2. The standard InChI is InChI=1S/C13H15N3O3/c1-3-9-16(10-7-5-4-6-8-10)12(17)11(15-14)13(18)19-2/h3-8,11,14H,1,9H2,2H3. The first-order chi connectivity index (χ1) is 9.15. The number of nitrogens with zero attached hydrogens (tertiary/aromatic N) is 2. The van der Waals surface area contributed by atoms with E-state index in [4.69, 9.17) is 5.53 Å². The van der Waals surface area contributed by atoms with Gasteiger partial charge in [0.05, 0.1) is 7.11 Å². The molecule has 0 saturated carbocycles. The Morgan fingerprint density at radius 1 is 1.47 bits per heavy atom. The molecule has 19 heavy (non-hydrogen) atoms. The van der Waals surface area contributed by atoms with Crippen LogP contribution in [0.3, 0.4) is 0 Å². The molecule has 0 fully saturated rings. The van der Waals surface area contributed by atoms with Crippen LogP contribution in [0, 0.1) is 5.53 Å². The number of benzene rings is 1. The highest BCUT2D eigenvalue weighted by molar-refractivity contribution is 6.09. The van der Waals surface area contributed by atoms with Crippen LogP contribution in [0.5, 0.6) is 0 Å². The molecule has 0 aliphatic heterocycles. The number of hydrogen-bond donors (Lipinski definition) is 1. The Bertz CT molecular complexity index is 473. The van der Waals surface area contributed by atoms with Crippen molar-refractivity contribution in [1.29, 1.82) is 5.53 Å². The monoisotopic (exact) mass is 261 g/mol. The van der Waals surface area contributed by atoms with Gasteiger partial charge in [-0.2, -0.15) is 5.11 Å². The van der Waals surface area contributed by atoms with Gasteiger partial charge in [0.2, 0.25) is 6.04 Å². The van der Waals surface area contributed by atoms with Gasteiger partial charge in [-0.1, -0.05) is 24.3 Å². The Hall–Kier alpha value is -2.50. The first-order valence-corrected chi connectivity index (χ1v) is 5.57. The van der Waals surface area contributed by atoms with E-state index < -0.39 is 17.9 Å². The zero-order valence-corrected chi connectivity index (χ0v) is 10.6. The van der Waals surface area contributed by atoms with Gasteiger partial charge in [0.1, 0.15) is 0 Å². The summed E-state index contributed by atoms with van der Waals surface area (Å²) in [5, 5.41) is 3.04. The van der Waals surface area contributed by atoms with Crippen LogP contribution in [0.25, 0.3) is 0 Å². The quantitative estimate of drug-likeness (QED) is 0.366. The highest BCUT2D eigenvalue weighted by atomic mass is 16.5. The van der Waals surface area contributed by atoms with Gasteiger partial charge < -0.3 is 9.64 Å². The molecule has 100 valence electrons. The molecule has 0 aromatic heterocycles. The number of anilines is 1. The molecule has 0 spiro atoms. The van der Waals surface area contributed by atoms with Crippen molar-refractivity contribution < 1.29 is 14.3 Å². The molecule has 1 aromatic carbocycles. The lowest BCUT2D eigenvalue weighted by Gasteiger charge is -2.23. The minimum atomic E-state index is -1.48. The number of para-hydroxylation sites is 1. The summed E-state index contributed by atoms with van der Waals surface area (Å²) in [7, 11) is 1.15. The Balaban J connectivity index is 3.05. The molecule has 0 saturated heterocycles. The largest absolute Gasteiger partial charge is 0.467 e. The molecular weight excluding hydrogens is 246 g/mol. The van der Waals surface area contributed by atoms with Crippen molar-refractivity contribution in [2.75, 3.05) is 18.6 Å². The van der Waals surface area contributed by atoms with Gasteiger partial charge in [-0.25, -0.2) is 10.3 Å². The second-order valence-electron chi connectivity index (χ2n) is 3.63. The van der Waals surface area contributed by atoms with Gasteiger partial charge in [-0.05, 0) is 12.1 Å². The van der Waals surface area contributed by atoms with Crippen LogP contribution in [-0.4, -0.2) is 31.6 Å². The number of rotatable bonds is 6. The highest BCUT2D eigenvalue weighted by Gasteiger charge is 2.31. The van der Waals surface area contributed by atoms with E-state index in [2.05, 4.69) is 16.4 Å². The number of nitrogens with one attached hydrogen (secondary N) is 1. The van der Waals surface area contributed by atoms with Gasteiger partial charge in [0.25, 0.3) is 5.91 Å². The molecule has 1 amide bonds. The molecule has 1 atom stereocenters. The average Bonchev–Trinajstić information content (AvgIpc) is 2.46.